The normalized spacial score (nSPS) is 19.5. The maximum atomic E-state index is 14.0. The average Bonchev–Trinajstić information content (AvgIpc) is 3.00. The van der Waals surface area contributed by atoms with Crippen LogP contribution in [0.4, 0.5) is 0 Å². The number of ether oxygens (including phenoxy) is 1. The van der Waals surface area contributed by atoms with Gasteiger partial charge >= 0.3 is 0 Å². The van der Waals surface area contributed by atoms with Gasteiger partial charge in [0.15, 0.2) is 5.72 Å². The monoisotopic (exact) mass is 609 g/mol. The van der Waals surface area contributed by atoms with E-state index in [1.54, 1.807) is 69.0 Å². The number of alkyl halides is 1. The molecule has 7 nitrogen and oxygen atoms in total. The Kier molecular flexibility index (Phi) is 8.57. The van der Waals surface area contributed by atoms with Crippen LogP contribution in [-0.4, -0.2) is 54.1 Å². The summed E-state index contributed by atoms with van der Waals surface area (Å²) in [5.74, 6) is -0.166. The summed E-state index contributed by atoms with van der Waals surface area (Å²) in [6.07, 6.45) is 2.67. The van der Waals surface area contributed by atoms with Gasteiger partial charge in [0, 0.05) is 29.7 Å². The lowest BCUT2D eigenvalue weighted by Crippen LogP contribution is -2.48. The first-order chi connectivity index (χ1) is 16.6. The number of carbonyl (C=O) groups excluding carboxylic acids is 1. The fraction of sp³-hybridized carbons (Fsp3) is 0.464. The van der Waals surface area contributed by atoms with Gasteiger partial charge in [-0.25, -0.2) is 0 Å². The third-order valence-corrected chi connectivity index (χ3v) is 6.81. The van der Waals surface area contributed by atoms with Gasteiger partial charge in [-0.3, -0.25) is 9.69 Å². The largest absolute Gasteiger partial charge is 0.508 e. The number of nitrogens with zero attached hydrogens (tertiary/aromatic N) is 1. The molecule has 8 heteroatoms. The molecule has 1 aliphatic heterocycles. The Morgan fingerprint density at radius 3 is 2.33 bits per heavy atom. The van der Waals surface area contributed by atoms with E-state index >= 15 is 0 Å². The lowest BCUT2D eigenvalue weighted by molar-refractivity contribution is -0.116. The third kappa shape index (κ3) is 6.28. The molecular weight excluding hydrogens is 573 g/mol. The molecule has 2 aromatic rings. The SMILES string of the molecule is C/C(=C\CC(O)I)CN1C(=O)c2cc(C(C)(C)O)ccc2C1(OCCC(C)(C)O)c1ccc(O)cc1. The number of phenolic OH excluding ortho intramolecular Hbond substituents is 1. The molecule has 0 fully saturated rings. The number of aliphatic hydroxyl groups excluding tert-OH is 1. The van der Waals surface area contributed by atoms with Gasteiger partial charge in [0.2, 0.25) is 0 Å². The van der Waals surface area contributed by atoms with Crippen molar-refractivity contribution in [3.8, 4) is 5.75 Å². The Labute approximate surface area is 226 Å². The van der Waals surface area contributed by atoms with Crippen LogP contribution in [0.15, 0.2) is 54.1 Å². The van der Waals surface area contributed by atoms with Gasteiger partial charge in [0.05, 0.1) is 17.8 Å². The summed E-state index contributed by atoms with van der Waals surface area (Å²) >= 11 is 1.94. The van der Waals surface area contributed by atoms with Crippen LogP contribution in [0, 0.1) is 0 Å². The molecule has 3 rings (SSSR count). The number of benzene rings is 2. The van der Waals surface area contributed by atoms with E-state index in [1.165, 1.54) is 0 Å². The van der Waals surface area contributed by atoms with Crippen molar-refractivity contribution in [2.45, 2.75) is 68.5 Å². The minimum Gasteiger partial charge on any atom is -0.508 e. The Balaban J connectivity index is 2.22. The molecule has 196 valence electrons. The summed E-state index contributed by atoms with van der Waals surface area (Å²) in [5, 5.41) is 40.6. The molecule has 1 aliphatic rings. The van der Waals surface area contributed by atoms with Gasteiger partial charge in [0.25, 0.3) is 5.91 Å². The zero-order chi connectivity index (χ0) is 26.9. The molecule has 0 aromatic heterocycles. The number of amides is 1. The van der Waals surface area contributed by atoms with Crippen LogP contribution in [0.2, 0.25) is 0 Å². The van der Waals surface area contributed by atoms with Crippen molar-refractivity contribution in [1.82, 2.24) is 4.90 Å². The van der Waals surface area contributed by atoms with Crippen molar-refractivity contribution in [2.75, 3.05) is 13.2 Å². The number of aliphatic hydroxyl groups is 3. The van der Waals surface area contributed by atoms with Gasteiger partial charge in [0.1, 0.15) is 9.86 Å². The maximum absolute atomic E-state index is 14.0. The minimum absolute atomic E-state index is 0.0889. The zero-order valence-electron chi connectivity index (χ0n) is 21.5. The number of phenols is 1. The summed E-state index contributed by atoms with van der Waals surface area (Å²) < 4.78 is 6.04. The predicted octanol–water partition coefficient (Wildman–Crippen LogP) is 4.54. The van der Waals surface area contributed by atoms with Crippen LogP contribution in [0.25, 0.3) is 0 Å². The fourth-order valence-corrected chi connectivity index (χ4v) is 4.57. The number of halogens is 1. The predicted molar refractivity (Wildman–Crippen MR) is 147 cm³/mol. The van der Waals surface area contributed by atoms with Crippen LogP contribution in [0.3, 0.4) is 0 Å². The fourth-order valence-electron chi connectivity index (χ4n) is 4.31. The Hall–Kier alpha value is -1.98. The van der Waals surface area contributed by atoms with Crippen molar-refractivity contribution in [1.29, 1.82) is 0 Å². The number of carbonyl (C=O) groups is 1. The first-order valence-electron chi connectivity index (χ1n) is 12.0. The van der Waals surface area contributed by atoms with E-state index in [9.17, 15) is 25.2 Å². The van der Waals surface area contributed by atoms with E-state index in [2.05, 4.69) is 0 Å². The van der Waals surface area contributed by atoms with Gasteiger partial charge in [-0.2, -0.15) is 0 Å². The maximum Gasteiger partial charge on any atom is 0.257 e. The molecular formula is C28H36INO6. The number of hydrogen-bond donors (Lipinski definition) is 4. The van der Waals surface area contributed by atoms with E-state index < -0.39 is 21.0 Å². The second kappa shape index (κ2) is 10.8. The molecule has 1 amide bonds. The summed E-state index contributed by atoms with van der Waals surface area (Å²) in [5.41, 5.74) is -0.239. The molecule has 4 N–H and O–H groups in total. The molecule has 0 spiro atoms. The average molecular weight is 610 g/mol. The van der Waals surface area contributed by atoms with Crippen LogP contribution < -0.4 is 0 Å². The Morgan fingerprint density at radius 1 is 1.14 bits per heavy atom. The first kappa shape index (κ1) is 28.6. The molecule has 0 saturated carbocycles. The van der Waals surface area contributed by atoms with E-state index in [-0.39, 0.29) is 24.8 Å². The summed E-state index contributed by atoms with van der Waals surface area (Å²) in [6.45, 7) is 9.03. The third-order valence-electron chi connectivity index (χ3n) is 6.30. The summed E-state index contributed by atoms with van der Waals surface area (Å²) in [7, 11) is 0. The highest BCUT2D eigenvalue weighted by atomic mass is 127. The second-order valence-electron chi connectivity index (χ2n) is 10.5. The van der Waals surface area contributed by atoms with Crippen LogP contribution >= 0.6 is 22.6 Å². The molecule has 2 unspecified atom stereocenters. The molecule has 0 saturated heterocycles. The van der Waals surface area contributed by atoms with E-state index in [1.807, 2.05) is 41.7 Å². The second-order valence-corrected chi connectivity index (χ2v) is 12.0. The zero-order valence-corrected chi connectivity index (χ0v) is 23.6. The highest BCUT2D eigenvalue weighted by Crippen LogP contribution is 2.47. The van der Waals surface area contributed by atoms with Crippen molar-refractivity contribution >= 4 is 28.5 Å². The van der Waals surface area contributed by atoms with E-state index in [0.29, 0.717) is 35.1 Å². The highest BCUT2D eigenvalue weighted by Gasteiger charge is 2.52. The molecule has 0 bridgehead atoms. The summed E-state index contributed by atoms with van der Waals surface area (Å²) in [6, 6.07) is 11.9. The number of rotatable bonds is 10. The molecule has 2 atom stereocenters. The van der Waals surface area contributed by atoms with E-state index in [0.717, 1.165) is 5.57 Å². The topological polar surface area (TPSA) is 110 Å². The molecule has 2 aromatic carbocycles. The highest BCUT2D eigenvalue weighted by molar-refractivity contribution is 14.1. The van der Waals surface area contributed by atoms with Gasteiger partial charge in [-0.1, -0.05) is 58.5 Å². The summed E-state index contributed by atoms with van der Waals surface area (Å²) in [4.78, 5) is 15.6. The Morgan fingerprint density at radius 2 is 1.78 bits per heavy atom. The quantitative estimate of drug-likeness (QED) is 0.179. The van der Waals surface area contributed by atoms with Crippen LogP contribution in [0.1, 0.15) is 74.5 Å². The van der Waals surface area contributed by atoms with Gasteiger partial charge in [-0.05, 0) is 64.8 Å². The van der Waals surface area contributed by atoms with Crippen LogP contribution in [0.5, 0.6) is 5.75 Å². The van der Waals surface area contributed by atoms with Gasteiger partial charge < -0.3 is 25.2 Å². The van der Waals surface area contributed by atoms with Gasteiger partial charge in [-0.15, -0.1) is 0 Å². The lowest BCUT2D eigenvalue weighted by atomic mass is 9.89. The molecule has 36 heavy (non-hydrogen) atoms. The van der Waals surface area contributed by atoms with Crippen LogP contribution in [-0.2, 0) is 16.1 Å². The smallest absolute Gasteiger partial charge is 0.257 e. The molecule has 0 aliphatic carbocycles. The minimum atomic E-state index is -1.32. The standard InChI is InChI=1S/C28H36INO6/c1-18(6-13-24(29)32)17-30-25(33)22-16-20(27(4,5)35)9-12-23(22)28(30,36-15-14-26(2,3)34)19-7-10-21(31)11-8-19/h6-12,16,24,31-32,34-35H,13-15,17H2,1-5H3/b18-6+. The number of fused-ring (bicyclic) bond motifs is 1. The lowest BCUT2D eigenvalue weighted by Gasteiger charge is -2.40. The van der Waals surface area contributed by atoms with Crippen molar-refractivity contribution in [3.05, 3.63) is 76.4 Å². The Bertz CT molecular complexity index is 1110. The van der Waals surface area contributed by atoms with Crippen molar-refractivity contribution in [2.24, 2.45) is 0 Å². The number of aromatic hydroxyl groups is 1. The molecule has 1 heterocycles. The molecule has 0 radical (unpaired) electrons. The number of hydrogen-bond acceptors (Lipinski definition) is 6. The van der Waals surface area contributed by atoms with E-state index in [4.69, 9.17) is 4.74 Å². The van der Waals surface area contributed by atoms with Crippen molar-refractivity contribution in [3.63, 3.8) is 0 Å². The first-order valence-corrected chi connectivity index (χ1v) is 13.2. The van der Waals surface area contributed by atoms with Crippen molar-refractivity contribution < 1.29 is 30.0 Å².